The van der Waals surface area contributed by atoms with Crippen LogP contribution in [0, 0.1) is 0 Å². The van der Waals surface area contributed by atoms with E-state index in [1.807, 2.05) is 0 Å². The number of unbranched alkanes of at least 4 members (excludes halogenated alkanes) is 2. The molecular weight excluding hydrogens is 376 g/mol. The number of rotatable bonds is 9. The highest BCUT2D eigenvalue weighted by molar-refractivity contribution is 6.87. The molecule has 2 aromatic carbocycles. The van der Waals surface area contributed by atoms with Gasteiger partial charge in [0.05, 0.1) is 11.6 Å². The van der Waals surface area contributed by atoms with Gasteiger partial charge in [0.25, 0.3) is 0 Å². The molecule has 29 heavy (non-hydrogen) atoms. The number of carbonyl (C=O) groups is 1. The Balaban J connectivity index is 1.55. The summed E-state index contributed by atoms with van der Waals surface area (Å²) in [6, 6.07) is 17.2. The van der Waals surface area contributed by atoms with E-state index in [-0.39, 0.29) is 12.1 Å². The zero-order valence-electron chi connectivity index (χ0n) is 18.0. The van der Waals surface area contributed by atoms with E-state index in [9.17, 15) is 4.79 Å². The smallest absolute Gasteiger partial charge is 0.303 e. The van der Waals surface area contributed by atoms with Crippen LogP contribution in [0.3, 0.4) is 0 Å². The Labute approximate surface area is 175 Å². The van der Waals surface area contributed by atoms with Crippen molar-refractivity contribution < 1.29 is 13.9 Å². The van der Waals surface area contributed by atoms with Gasteiger partial charge >= 0.3 is 5.97 Å². The average molecular weight is 409 g/mol. The third-order valence-electron chi connectivity index (χ3n) is 5.33. The second-order valence-corrected chi connectivity index (χ2v) is 13.8. The summed E-state index contributed by atoms with van der Waals surface area (Å²) in [5.41, 5.74) is 2.40. The van der Waals surface area contributed by atoms with Crippen LogP contribution in [-0.2, 0) is 16.0 Å². The predicted molar refractivity (Wildman–Crippen MR) is 122 cm³/mol. The van der Waals surface area contributed by atoms with E-state index in [0.29, 0.717) is 0 Å². The fraction of sp³-hybridized carbons (Fsp3) is 0.400. The van der Waals surface area contributed by atoms with Gasteiger partial charge < -0.3 is 9.15 Å². The number of benzene rings is 2. The van der Waals surface area contributed by atoms with E-state index in [0.717, 1.165) is 43.1 Å². The monoisotopic (exact) mass is 408 g/mol. The highest BCUT2D eigenvalue weighted by atomic mass is 28.3. The molecule has 0 fully saturated rings. The highest BCUT2D eigenvalue weighted by Gasteiger charge is 2.24. The minimum atomic E-state index is -1.51. The number of ether oxygens (including phenoxy) is 1. The zero-order chi connectivity index (χ0) is 20.9. The van der Waals surface area contributed by atoms with Crippen LogP contribution in [-0.4, -0.2) is 14.0 Å². The fourth-order valence-electron chi connectivity index (χ4n) is 3.74. The third-order valence-corrected chi connectivity index (χ3v) is 7.07. The number of carbonyl (C=O) groups excluding carboxylic acids is 1. The van der Waals surface area contributed by atoms with Crippen LogP contribution in [0.4, 0.5) is 0 Å². The quantitative estimate of drug-likeness (QED) is 0.234. The van der Waals surface area contributed by atoms with E-state index in [4.69, 9.17) is 9.15 Å². The number of hydrogen-bond donors (Lipinski definition) is 0. The Morgan fingerprint density at radius 2 is 1.79 bits per heavy atom. The summed E-state index contributed by atoms with van der Waals surface area (Å²) in [6.45, 7) is 8.24. The maximum absolute atomic E-state index is 11.6. The zero-order valence-corrected chi connectivity index (χ0v) is 19.0. The molecule has 0 aliphatic carbocycles. The van der Waals surface area contributed by atoms with Gasteiger partial charge in [0.15, 0.2) is 0 Å². The molecular formula is C25H32O3Si. The Bertz CT molecular complexity index is 947. The first kappa shape index (κ1) is 21.4. The highest BCUT2D eigenvalue weighted by Crippen LogP contribution is 2.26. The van der Waals surface area contributed by atoms with Gasteiger partial charge in [-0.3, -0.25) is 4.79 Å². The van der Waals surface area contributed by atoms with Crippen molar-refractivity contribution in [2.24, 2.45) is 0 Å². The SMILES string of the molecule is CC(=O)OC(CCCCCc1cccc2ccccc12)c1coc([Si](C)(C)C)c1. The first-order valence-corrected chi connectivity index (χ1v) is 14.1. The second kappa shape index (κ2) is 9.44. The molecule has 1 unspecified atom stereocenters. The average Bonchev–Trinajstić information content (AvgIpc) is 3.17. The Hall–Kier alpha value is -2.33. The van der Waals surface area contributed by atoms with E-state index in [2.05, 4.69) is 68.2 Å². The molecule has 3 aromatic rings. The van der Waals surface area contributed by atoms with Crippen molar-refractivity contribution in [1.82, 2.24) is 0 Å². The lowest BCUT2D eigenvalue weighted by Gasteiger charge is -2.16. The van der Waals surface area contributed by atoms with Crippen molar-refractivity contribution in [3.05, 3.63) is 65.9 Å². The van der Waals surface area contributed by atoms with Gasteiger partial charge in [-0.25, -0.2) is 0 Å². The standard InChI is InChI=1S/C25H32O3Si/c1-19(26)28-24(22-17-25(27-18-22)29(2,3)4)16-7-5-6-11-20-13-10-14-21-12-8-9-15-23(20)21/h8-10,12-15,17-18,24H,5-7,11,16H2,1-4H3. The van der Waals surface area contributed by atoms with Crippen LogP contribution in [0.1, 0.15) is 49.8 Å². The summed E-state index contributed by atoms with van der Waals surface area (Å²) in [5, 5.41) is 3.71. The van der Waals surface area contributed by atoms with Crippen molar-refractivity contribution in [3.63, 3.8) is 0 Å². The van der Waals surface area contributed by atoms with E-state index < -0.39 is 8.07 Å². The summed E-state index contributed by atoms with van der Waals surface area (Å²) in [4.78, 5) is 11.6. The molecule has 0 radical (unpaired) electrons. The molecule has 0 bridgehead atoms. The number of esters is 1. The molecule has 154 valence electrons. The van der Waals surface area contributed by atoms with Gasteiger partial charge in [-0.2, -0.15) is 0 Å². The second-order valence-electron chi connectivity index (χ2n) is 8.83. The molecule has 3 nitrogen and oxygen atoms in total. The van der Waals surface area contributed by atoms with Gasteiger partial charge in [-0.05, 0) is 48.1 Å². The summed E-state index contributed by atoms with van der Waals surface area (Å²) in [6.07, 6.45) is 6.74. The lowest BCUT2D eigenvalue weighted by molar-refractivity contribution is -0.147. The van der Waals surface area contributed by atoms with Crippen molar-refractivity contribution >= 4 is 30.2 Å². The molecule has 0 amide bonds. The van der Waals surface area contributed by atoms with Crippen LogP contribution in [0.25, 0.3) is 10.8 Å². The van der Waals surface area contributed by atoms with Crippen LogP contribution < -0.4 is 5.38 Å². The molecule has 1 heterocycles. The third kappa shape index (κ3) is 5.83. The molecule has 1 atom stereocenters. The van der Waals surface area contributed by atoms with E-state index in [1.165, 1.54) is 23.3 Å². The lowest BCUT2D eigenvalue weighted by atomic mass is 9.98. The van der Waals surface area contributed by atoms with E-state index in [1.54, 1.807) is 6.26 Å². The van der Waals surface area contributed by atoms with Gasteiger partial charge in [0.1, 0.15) is 14.2 Å². The molecule has 0 N–H and O–H groups in total. The maximum atomic E-state index is 11.6. The first-order chi connectivity index (χ1) is 13.8. The summed E-state index contributed by atoms with van der Waals surface area (Å²) in [5.74, 6) is -0.235. The summed E-state index contributed by atoms with van der Waals surface area (Å²) < 4.78 is 11.4. The molecule has 4 heteroatoms. The van der Waals surface area contributed by atoms with Crippen molar-refractivity contribution in [2.45, 2.75) is 64.8 Å². The van der Waals surface area contributed by atoms with Gasteiger partial charge in [0, 0.05) is 12.5 Å². The number of fused-ring (bicyclic) bond motifs is 1. The van der Waals surface area contributed by atoms with E-state index >= 15 is 0 Å². The summed E-state index contributed by atoms with van der Waals surface area (Å²) in [7, 11) is -1.51. The lowest BCUT2D eigenvalue weighted by Crippen LogP contribution is -2.36. The maximum Gasteiger partial charge on any atom is 0.303 e. The van der Waals surface area contributed by atoms with Crippen LogP contribution >= 0.6 is 0 Å². The predicted octanol–water partition coefficient (Wildman–Crippen LogP) is 6.39. The number of hydrogen-bond acceptors (Lipinski definition) is 3. The number of furan rings is 1. The summed E-state index contributed by atoms with van der Waals surface area (Å²) >= 11 is 0. The van der Waals surface area contributed by atoms with Crippen molar-refractivity contribution in [1.29, 1.82) is 0 Å². The molecule has 0 saturated heterocycles. The van der Waals surface area contributed by atoms with Crippen molar-refractivity contribution in [3.8, 4) is 0 Å². The Morgan fingerprint density at radius 3 is 2.52 bits per heavy atom. The molecule has 0 aliphatic heterocycles. The largest absolute Gasteiger partial charge is 0.474 e. The minimum Gasteiger partial charge on any atom is -0.474 e. The van der Waals surface area contributed by atoms with Crippen LogP contribution in [0.2, 0.25) is 19.6 Å². The molecule has 0 aliphatic rings. The van der Waals surface area contributed by atoms with Crippen molar-refractivity contribution in [2.75, 3.05) is 0 Å². The molecule has 0 saturated carbocycles. The fourth-order valence-corrected chi connectivity index (χ4v) is 4.75. The minimum absolute atomic E-state index is 0.209. The Kier molecular flexibility index (Phi) is 6.96. The van der Waals surface area contributed by atoms with Gasteiger partial charge in [0.2, 0.25) is 0 Å². The van der Waals surface area contributed by atoms with Gasteiger partial charge in [-0.1, -0.05) is 68.5 Å². The molecule has 3 rings (SSSR count). The first-order valence-electron chi connectivity index (χ1n) is 10.6. The molecule has 1 aromatic heterocycles. The van der Waals surface area contributed by atoms with Crippen LogP contribution in [0.15, 0.2) is 59.2 Å². The topological polar surface area (TPSA) is 39.4 Å². The molecule has 0 spiro atoms. The number of aryl methyl sites for hydroxylation is 1. The van der Waals surface area contributed by atoms with Crippen LogP contribution in [0.5, 0.6) is 0 Å². The van der Waals surface area contributed by atoms with Gasteiger partial charge in [-0.15, -0.1) is 0 Å². The Morgan fingerprint density at radius 1 is 1.03 bits per heavy atom. The normalized spacial score (nSPS) is 12.8.